The first-order chi connectivity index (χ1) is 14.8. The van der Waals surface area contributed by atoms with Gasteiger partial charge in [0.25, 0.3) is 0 Å². The van der Waals surface area contributed by atoms with Crippen LogP contribution in [0.4, 0.5) is 5.69 Å². The molecule has 1 unspecified atom stereocenters. The Labute approximate surface area is 194 Å². The van der Waals surface area contributed by atoms with Crippen molar-refractivity contribution in [3.8, 4) is 11.5 Å². The maximum absolute atomic E-state index is 12.8. The number of nitrogens with zero attached hydrogens (tertiary/aromatic N) is 3. The average Bonchev–Trinajstić information content (AvgIpc) is 2.73. The molecule has 9 heteroatoms. The molecule has 3 aromatic rings. The van der Waals surface area contributed by atoms with E-state index in [9.17, 15) is 4.79 Å². The van der Waals surface area contributed by atoms with Crippen LogP contribution in [0.5, 0.6) is 11.5 Å². The van der Waals surface area contributed by atoms with E-state index in [0.29, 0.717) is 38.3 Å². The van der Waals surface area contributed by atoms with Crippen LogP contribution in [0.2, 0.25) is 15.2 Å². The number of hydrogen-bond acceptors (Lipinski definition) is 5. The van der Waals surface area contributed by atoms with Crippen molar-refractivity contribution >= 4 is 46.5 Å². The molecule has 31 heavy (non-hydrogen) atoms. The molecule has 0 aliphatic heterocycles. The second-order valence-electron chi connectivity index (χ2n) is 6.48. The van der Waals surface area contributed by atoms with E-state index in [-0.39, 0.29) is 17.5 Å². The highest BCUT2D eigenvalue weighted by Crippen LogP contribution is 2.37. The molecule has 3 rings (SSSR count). The number of carbonyl (C=O) groups excluding carboxylic acids is 1. The van der Waals surface area contributed by atoms with Crippen LogP contribution in [-0.2, 0) is 9.53 Å². The second-order valence-corrected chi connectivity index (χ2v) is 7.68. The van der Waals surface area contributed by atoms with Gasteiger partial charge in [-0.05, 0) is 61.4 Å². The number of benzene rings is 2. The molecule has 0 saturated heterocycles. The predicted molar refractivity (Wildman–Crippen MR) is 119 cm³/mol. The highest BCUT2D eigenvalue weighted by molar-refractivity contribution is 6.32. The number of esters is 1. The summed E-state index contributed by atoms with van der Waals surface area (Å²) in [7, 11) is 0. The molecule has 0 aliphatic carbocycles. The van der Waals surface area contributed by atoms with Crippen molar-refractivity contribution in [3.05, 3.63) is 85.9 Å². The highest BCUT2D eigenvalue weighted by Gasteiger charge is 2.27. The van der Waals surface area contributed by atoms with Gasteiger partial charge in [-0.3, -0.25) is 4.79 Å². The molecule has 0 spiro atoms. The maximum atomic E-state index is 12.8. The SMILES string of the molecule is [C-]#[N+]c1cc(Cl)cc(Oc2cc(C(C(=O)OCC)c3cc(C)c(Cl)nn3)ccc2Cl)c1. The van der Waals surface area contributed by atoms with Gasteiger partial charge in [0.2, 0.25) is 0 Å². The summed E-state index contributed by atoms with van der Waals surface area (Å²) < 4.78 is 11.1. The van der Waals surface area contributed by atoms with Gasteiger partial charge in [0, 0.05) is 5.02 Å². The standard InChI is InChI=1S/C22H16Cl3N3O3/c1-4-30-22(29)20(18-7-12(2)21(25)28-27-18)13-5-6-17(24)19(8-13)31-16-10-14(23)9-15(11-16)26-3/h5-11,20H,4H2,1-2H3. The molecular formula is C22H16Cl3N3O3. The van der Waals surface area contributed by atoms with Crippen LogP contribution in [0.25, 0.3) is 4.85 Å². The molecule has 0 N–H and O–H groups in total. The molecular weight excluding hydrogens is 461 g/mol. The average molecular weight is 477 g/mol. The third-order valence-electron chi connectivity index (χ3n) is 4.26. The number of carbonyl (C=O) groups is 1. The first kappa shape index (κ1) is 22.8. The smallest absolute Gasteiger partial charge is 0.319 e. The lowest BCUT2D eigenvalue weighted by Crippen LogP contribution is -2.19. The Balaban J connectivity index is 2.05. The zero-order valence-corrected chi connectivity index (χ0v) is 18.8. The lowest BCUT2D eigenvalue weighted by molar-refractivity contribution is -0.143. The zero-order chi connectivity index (χ0) is 22.5. The molecule has 0 bridgehead atoms. The fourth-order valence-electron chi connectivity index (χ4n) is 2.86. The minimum atomic E-state index is -0.860. The van der Waals surface area contributed by atoms with Crippen molar-refractivity contribution in [1.82, 2.24) is 10.2 Å². The predicted octanol–water partition coefficient (Wildman–Crippen LogP) is 6.78. The number of aryl methyl sites for hydroxylation is 1. The van der Waals surface area contributed by atoms with Crippen molar-refractivity contribution in [2.24, 2.45) is 0 Å². The van der Waals surface area contributed by atoms with Crippen LogP contribution < -0.4 is 4.74 Å². The van der Waals surface area contributed by atoms with Crippen molar-refractivity contribution in [3.63, 3.8) is 0 Å². The Kier molecular flexibility index (Phi) is 7.34. The van der Waals surface area contributed by atoms with E-state index >= 15 is 0 Å². The van der Waals surface area contributed by atoms with E-state index in [1.807, 2.05) is 0 Å². The van der Waals surface area contributed by atoms with Gasteiger partial charge in [-0.25, -0.2) is 4.85 Å². The van der Waals surface area contributed by atoms with Gasteiger partial charge < -0.3 is 9.47 Å². The fraction of sp³-hybridized carbons (Fsp3) is 0.182. The Bertz CT molecular complexity index is 1180. The molecule has 0 fully saturated rings. The van der Waals surface area contributed by atoms with Crippen LogP contribution >= 0.6 is 34.8 Å². The third kappa shape index (κ3) is 5.45. The lowest BCUT2D eigenvalue weighted by Gasteiger charge is -2.17. The summed E-state index contributed by atoms with van der Waals surface area (Å²) in [6.07, 6.45) is 0. The van der Waals surface area contributed by atoms with Gasteiger partial charge in [-0.15, -0.1) is 5.10 Å². The molecule has 158 valence electrons. The molecule has 0 aliphatic rings. The van der Waals surface area contributed by atoms with E-state index in [2.05, 4.69) is 15.0 Å². The quantitative estimate of drug-likeness (QED) is 0.290. The summed E-state index contributed by atoms with van der Waals surface area (Å²) in [4.78, 5) is 16.1. The largest absolute Gasteiger partial charge is 0.465 e. The van der Waals surface area contributed by atoms with Crippen molar-refractivity contribution in [1.29, 1.82) is 0 Å². The van der Waals surface area contributed by atoms with Crippen LogP contribution in [0.15, 0.2) is 42.5 Å². The summed E-state index contributed by atoms with van der Waals surface area (Å²) in [5.41, 5.74) is 1.93. The fourth-order valence-corrected chi connectivity index (χ4v) is 3.33. The van der Waals surface area contributed by atoms with Gasteiger partial charge in [0.05, 0.1) is 23.9 Å². The van der Waals surface area contributed by atoms with Gasteiger partial charge in [0.15, 0.2) is 10.8 Å². The number of hydrogen-bond donors (Lipinski definition) is 0. The minimum Gasteiger partial charge on any atom is -0.465 e. The Morgan fingerprint density at radius 2 is 1.90 bits per heavy atom. The molecule has 1 heterocycles. The Hall–Kier alpha value is -2.85. The molecule has 6 nitrogen and oxygen atoms in total. The molecule has 2 aromatic carbocycles. The number of aromatic nitrogens is 2. The second kappa shape index (κ2) is 9.97. The van der Waals surface area contributed by atoms with Gasteiger partial charge in [-0.1, -0.05) is 40.9 Å². The van der Waals surface area contributed by atoms with Crippen LogP contribution in [0.3, 0.4) is 0 Å². The van der Waals surface area contributed by atoms with Gasteiger partial charge >= 0.3 is 5.97 Å². The van der Waals surface area contributed by atoms with Crippen molar-refractivity contribution < 1.29 is 14.3 Å². The number of halogens is 3. The van der Waals surface area contributed by atoms with E-state index in [1.165, 1.54) is 6.07 Å². The first-order valence-corrected chi connectivity index (χ1v) is 10.3. The summed E-state index contributed by atoms with van der Waals surface area (Å²) in [5.74, 6) is -0.733. The number of ether oxygens (including phenoxy) is 2. The van der Waals surface area contributed by atoms with E-state index in [4.69, 9.17) is 50.8 Å². The van der Waals surface area contributed by atoms with Gasteiger partial charge in [0.1, 0.15) is 17.4 Å². The van der Waals surface area contributed by atoms with E-state index in [0.717, 1.165) is 0 Å². The van der Waals surface area contributed by atoms with E-state index in [1.54, 1.807) is 50.2 Å². The topological polar surface area (TPSA) is 65.7 Å². The molecule has 0 saturated carbocycles. The monoisotopic (exact) mass is 475 g/mol. The van der Waals surface area contributed by atoms with Crippen LogP contribution in [0, 0.1) is 13.5 Å². The zero-order valence-electron chi connectivity index (χ0n) is 16.5. The molecule has 1 atom stereocenters. The highest BCUT2D eigenvalue weighted by atomic mass is 35.5. The van der Waals surface area contributed by atoms with Crippen LogP contribution in [-0.4, -0.2) is 22.8 Å². The number of rotatable bonds is 6. The minimum absolute atomic E-state index is 0.203. The lowest BCUT2D eigenvalue weighted by atomic mass is 9.94. The third-order valence-corrected chi connectivity index (χ3v) is 5.17. The summed E-state index contributed by atoms with van der Waals surface area (Å²) >= 11 is 18.4. The van der Waals surface area contributed by atoms with E-state index < -0.39 is 11.9 Å². The van der Waals surface area contributed by atoms with Crippen molar-refractivity contribution in [2.45, 2.75) is 19.8 Å². The maximum Gasteiger partial charge on any atom is 0.319 e. The Morgan fingerprint density at radius 3 is 2.58 bits per heavy atom. The summed E-state index contributed by atoms with van der Waals surface area (Å²) in [6.45, 7) is 10.9. The molecule has 0 radical (unpaired) electrons. The first-order valence-electron chi connectivity index (χ1n) is 9.14. The summed E-state index contributed by atoms with van der Waals surface area (Å²) in [5, 5.41) is 8.91. The summed E-state index contributed by atoms with van der Waals surface area (Å²) in [6, 6.07) is 11.2. The Morgan fingerprint density at radius 1 is 1.13 bits per heavy atom. The molecule has 0 amide bonds. The van der Waals surface area contributed by atoms with Crippen LogP contribution in [0.1, 0.15) is 29.7 Å². The van der Waals surface area contributed by atoms with Crippen molar-refractivity contribution in [2.75, 3.05) is 6.61 Å². The van der Waals surface area contributed by atoms with Gasteiger partial charge in [-0.2, -0.15) is 5.10 Å². The normalized spacial score (nSPS) is 11.5. The molecule has 1 aromatic heterocycles.